The van der Waals surface area contributed by atoms with Gasteiger partial charge < -0.3 is 9.55 Å². The van der Waals surface area contributed by atoms with E-state index in [1.54, 1.807) is 0 Å². The Morgan fingerprint density at radius 3 is 1.84 bits per heavy atom. The van der Waals surface area contributed by atoms with Crippen molar-refractivity contribution >= 4 is 75.9 Å². The molecule has 0 unspecified atom stereocenters. The monoisotopic (exact) mass is 558 g/mol. The fourth-order valence-corrected chi connectivity index (χ4v) is 7.56. The number of H-pyrrole nitrogens is 1. The van der Waals surface area contributed by atoms with E-state index in [1.807, 2.05) is 0 Å². The van der Waals surface area contributed by atoms with Crippen molar-refractivity contribution in [3.05, 3.63) is 152 Å². The Balaban J connectivity index is 1.42. The maximum absolute atomic E-state index is 3.68. The molecule has 0 amide bonds. The molecule has 0 saturated heterocycles. The largest absolute Gasteiger partial charge is 0.354 e. The van der Waals surface area contributed by atoms with E-state index in [-0.39, 0.29) is 0 Å². The highest BCUT2D eigenvalue weighted by Crippen LogP contribution is 2.44. The van der Waals surface area contributed by atoms with E-state index < -0.39 is 0 Å². The zero-order chi connectivity index (χ0) is 28.8. The molecule has 2 nitrogen and oxygen atoms in total. The summed E-state index contributed by atoms with van der Waals surface area (Å²) < 4.78 is 2.43. The molecule has 10 rings (SSSR count). The summed E-state index contributed by atoms with van der Waals surface area (Å²) in [5.74, 6) is 0. The van der Waals surface area contributed by atoms with Crippen LogP contribution in [0.15, 0.2) is 152 Å². The number of rotatable bonds is 2. The van der Waals surface area contributed by atoms with Crippen LogP contribution in [0, 0.1) is 0 Å². The highest BCUT2D eigenvalue weighted by molar-refractivity contribution is 6.36. The molecular formula is C42H26N2. The van der Waals surface area contributed by atoms with Crippen molar-refractivity contribution in [1.82, 2.24) is 9.55 Å². The van der Waals surface area contributed by atoms with Gasteiger partial charge in [0.05, 0.1) is 11.0 Å². The molecule has 0 aliphatic carbocycles. The van der Waals surface area contributed by atoms with E-state index in [0.29, 0.717) is 0 Å². The molecule has 2 aromatic heterocycles. The van der Waals surface area contributed by atoms with Crippen molar-refractivity contribution in [2.45, 2.75) is 0 Å². The van der Waals surface area contributed by atoms with Crippen molar-refractivity contribution in [3.8, 4) is 16.8 Å². The molecule has 10 aromatic rings. The quantitative estimate of drug-likeness (QED) is 0.204. The normalized spacial score (nSPS) is 12.1. The van der Waals surface area contributed by atoms with Crippen LogP contribution >= 0.6 is 0 Å². The van der Waals surface area contributed by atoms with Gasteiger partial charge in [0.25, 0.3) is 0 Å². The molecule has 0 aliphatic rings. The van der Waals surface area contributed by atoms with Crippen molar-refractivity contribution in [2.75, 3.05) is 0 Å². The van der Waals surface area contributed by atoms with E-state index in [1.165, 1.54) is 92.7 Å². The Morgan fingerprint density at radius 2 is 1.00 bits per heavy atom. The molecular weight excluding hydrogens is 532 g/mol. The van der Waals surface area contributed by atoms with Crippen LogP contribution in [-0.4, -0.2) is 9.55 Å². The van der Waals surface area contributed by atoms with E-state index >= 15 is 0 Å². The Labute approximate surface area is 253 Å². The Morgan fingerprint density at radius 1 is 0.341 bits per heavy atom. The van der Waals surface area contributed by atoms with Gasteiger partial charge in [-0.2, -0.15) is 0 Å². The second-order valence-corrected chi connectivity index (χ2v) is 11.8. The maximum atomic E-state index is 3.68. The van der Waals surface area contributed by atoms with Crippen LogP contribution in [0.3, 0.4) is 0 Å². The third-order valence-electron chi connectivity index (χ3n) is 9.47. The SMILES string of the molecule is c1ccc(-c2ccc3c(c2)c2cc4c(cc2n3-c2ccccc2)c2ccccc2c2c4ccc3[nH]c4ccccc4c32)cc1. The van der Waals surface area contributed by atoms with Crippen molar-refractivity contribution in [2.24, 2.45) is 0 Å². The van der Waals surface area contributed by atoms with Gasteiger partial charge in [-0.3, -0.25) is 0 Å². The first-order valence-electron chi connectivity index (χ1n) is 15.2. The Hall–Kier alpha value is -5.86. The predicted octanol–water partition coefficient (Wildman–Crippen LogP) is 11.5. The van der Waals surface area contributed by atoms with Crippen LogP contribution in [0.1, 0.15) is 0 Å². The Kier molecular flexibility index (Phi) is 4.75. The summed E-state index contributed by atoms with van der Waals surface area (Å²) in [6, 6.07) is 55.4. The molecule has 44 heavy (non-hydrogen) atoms. The summed E-state index contributed by atoms with van der Waals surface area (Å²) in [6.45, 7) is 0. The zero-order valence-corrected chi connectivity index (χ0v) is 23.9. The first-order valence-corrected chi connectivity index (χ1v) is 15.2. The lowest BCUT2D eigenvalue weighted by Gasteiger charge is -2.13. The van der Waals surface area contributed by atoms with Gasteiger partial charge in [0.2, 0.25) is 0 Å². The zero-order valence-electron chi connectivity index (χ0n) is 23.9. The molecule has 204 valence electrons. The highest BCUT2D eigenvalue weighted by atomic mass is 15.0. The summed E-state index contributed by atoms with van der Waals surface area (Å²) in [5.41, 5.74) is 8.43. The molecule has 0 bridgehead atoms. The van der Waals surface area contributed by atoms with Gasteiger partial charge in [-0.15, -0.1) is 0 Å². The molecule has 0 fully saturated rings. The number of benzene rings is 8. The van der Waals surface area contributed by atoms with Gasteiger partial charge in [-0.1, -0.05) is 103 Å². The second-order valence-electron chi connectivity index (χ2n) is 11.8. The molecule has 1 N–H and O–H groups in total. The number of hydrogen-bond acceptors (Lipinski definition) is 0. The third kappa shape index (κ3) is 3.20. The first-order chi connectivity index (χ1) is 21.8. The van der Waals surface area contributed by atoms with E-state index in [9.17, 15) is 0 Å². The van der Waals surface area contributed by atoms with Gasteiger partial charge in [0, 0.05) is 43.7 Å². The molecule has 0 spiro atoms. The molecule has 0 saturated carbocycles. The molecule has 0 radical (unpaired) electrons. The van der Waals surface area contributed by atoms with Crippen LogP contribution in [-0.2, 0) is 0 Å². The number of aromatic amines is 1. The van der Waals surface area contributed by atoms with Crippen LogP contribution in [0.2, 0.25) is 0 Å². The summed E-state index contributed by atoms with van der Waals surface area (Å²) in [7, 11) is 0. The standard InChI is InChI=1S/C42H26N2/c1-3-11-26(12-4-1)27-19-22-39-35(23-27)36-24-33-31-20-21-38-42(32-17-9-10-18-37(32)43-38)41(31)30-16-8-7-15-29(30)34(33)25-40(36)44(39)28-13-5-2-6-14-28/h1-25,43H. The van der Waals surface area contributed by atoms with Gasteiger partial charge in [-0.05, 0) is 86.6 Å². The van der Waals surface area contributed by atoms with Gasteiger partial charge >= 0.3 is 0 Å². The molecule has 0 aliphatic heterocycles. The number of fused-ring (bicyclic) bond motifs is 13. The van der Waals surface area contributed by atoms with E-state index in [4.69, 9.17) is 0 Å². The summed E-state index contributed by atoms with van der Waals surface area (Å²) >= 11 is 0. The lowest BCUT2D eigenvalue weighted by Crippen LogP contribution is -1.93. The minimum absolute atomic E-state index is 1.17. The smallest absolute Gasteiger partial charge is 0.0547 e. The topological polar surface area (TPSA) is 20.7 Å². The summed E-state index contributed by atoms with van der Waals surface area (Å²) in [4.78, 5) is 3.68. The molecule has 2 heteroatoms. The lowest BCUT2D eigenvalue weighted by molar-refractivity contribution is 1.18. The van der Waals surface area contributed by atoms with Crippen molar-refractivity contribution < 1.29 is 0 Å². The number of aromatic nitrogens is 2. The summed E-state index contributed by atoms with van der Waals surface area (Å²) in [6.07, 6.45) is 0. The Bertz CT molecular complexity index is 2750. The van der Waals surface area contributed by atoms with Crippen LogP contribution < -0.4 is 0 Å². The minimum atomic E-state index is 1.17. The number of nitrogens with one attached hydrogen (secondary N) is 1. The van der Waals surface area contributed by atoms with Crippen molar-refractivity contribution in [1.29, 1.82) is 0 Å². The molecule has 2 heterocycles. The van der Waals surface area contributed by atoms with E-state index in [0.717, 1.165) is 0 Å². The van der Waals surface area contributed by atoms with E-state index in [2.05, 4.69) is 161 Å². The van der Waals surface area contributed by atoms with Crippen LogP contribution in [0.5, 0.6) is 0 Å². The maximum Gasteiger partial charge on any atom is 0.0547 e. The summed E-state index contributed by atoms with van der Waals surface area (Å²) in [5, 5.41) is 12.9. The number of hydrogen-bond donors (Lipinski definition) is 1. The van der Waals surface area contributed by atoms with Crippen LogP contribution in [0.4, 0.5) is 0 Å². The third-order valence-corrected chi connectivity index (χ3v) is 9.47. The predicted molar refractivity (Wildman–Crippen MR) is 188 cm³/mol. The van der Waals surface area contributed by atoms with Crippen molar-refractivity contribution in [3.63, 3.8) is 0 Å². The average Bonchev–Trinajstić information content (AvgIpc) is 3.63. The first kappa shape index (κ1) is 23.7. The molecule has 8 aromatic carbocycles. The van der Waals surface area contributed by atoms with Gasteiger partial charge in [0.15, 0.2) is 0 Å². The molecule has 0 atom stereocenters. The van der Waals surface area contributed by atoms with Crippen LogP contribution in [0.25, 0.3) is 92.7 Å². The van der Waals surface area contributed by atoms with Gasteiger partial charge in [-0.25, -0.2) is 0 Å². The highest BCUT2D eigenvalue weighted by Gasteiger charge is 2.19. The minimum Gasteiger partial charge on any atom is -0.354 e. The average molecular weight is 559 g/mol. The fraction of sp³-hybridized carbons (Fsp3) is 0. The lowest BCUT2D eigenvalue weighted by atomic mass is 9.91. The number of para-hydroxylation sites is 2. The second kappa shape index (κ2) is 8.82. The fourth-order valence-electron chi connectivity index (χ4n) is 7.56. The van der Waals surface area contributed by atoms with Gasteiger partial charge in [0.1, 0.15) is 0 Å². The number of nitrogens with zero attached hydrogens (tertiary/aromatic N) is 1.